The van der Waals surface area contributed by atoms with Gasteiger partial charge in [-0.05, 0) is 0 Å². The molecule has 0 amide bonds. The lowest BCUT2D eigenvalue weighted by atomic mass is 10.2. The highest BCUT2D eigenvalue weighted by Gasteiger charge is 2.13. The summed E-state index contributed by atoms with van der Waals surface area (Å²) in [6.45, 7) is 0. The number of nitriles is 1. The summed E-state index contributed by atoms with van der Waals surface area (Å²) < 4.78 is 0. The van der Waals surface area contributed by atoms with Gasteiger partial charge in [-0.1, -0.05) is 0 Å². The van der Waals surface area contributed by atoms with Crippen LogP contribution in [-0.2, 0) is 0 Å². The molecule has 1 aromatic rings. The normalized spacial score (nSPS) is 8.92. The van der Waals surface area contributed by atoms with Crippen LogP contribution in [0.3, 0.4) is 0 Å². The van der Waals surface area contributed by atoms with E-state index in [2.05, 4.69) is 4.98 Å². The second-order valence-electron chi connectivity index (χ2n) is 2.01. The zero-order valence-electron chi connectivity index (χ0n) is 5.87. The molecule has 5 heteroatoms. The minimum Gasteiger partial charge on any atom is -0.477 e. The third kappa shape index (κ3) is 1.18. The van der Waals surface area contributed by atoms with E-state index < -0.39 is 17.0 Å². The molecule has 0 saturated carbocycles. The quantitative estimate of drug-likeness (QED) is 0.608. The van der Waals surface area contributed by atoms with E-state index in [0.29, 0.717) is 0 Å². The van der Waals surface area contributed by atoms with Gasteiger partial charge in [0.1, 0.15) is 17.3 Å². The molecule has 0 atom stereocenters. The van der Waals surface area contributed by atoms with Crippen molar-refractivity contribution in [3.63, 3.8) is 0 Å². The number of aromatic amines is 1. The molecule has 60 valence electrons. The van der Waals surface area contributed by atoms with Crippen LogP contribution in [0, 0.1) is 11.3 Å². The van der Waals surface area contributed by atoms with E-state index in [9.17, 15) is 9.59 Å². The summed E-state index contributed by atoms with van der Waals surface area (Å²) in [5.41, 5.74) is -1.41. The van der Waals surface area contributed by atoms with E-state index in [0.717, 1.165) is 6.07 Å². The predicted molar refractivity (Wildman–Crippen MR) is 38.7 cm³/mol. The molecule has 0 bridgehead atoms. The van der Waals surface area contributed by atoms with Gasteiger partial charge in [0.25, 0.3) is 0 Å². The van der Waals surface area contributed by atoms with Crippen molar-refractivity contribution in [2.24, 2.45) is 0 Å². The molecule has 5 nitrogen and oxygen atoms in total. The zero-order chi connectivity index (χ0) is 9.14. The number of H-pyrrole nitrogens is 1. The minimum atomic E-state index is -1.39. The monoisotopic (exact) mass is 164 g/mol. The van der Waals surface area contributed by atoms with Gasteiger partial charge >= 0.3 is 5.97 Å². The van der Waals surface area contributed by atoms with Crippen LogP contribution in [0.15, 0.2) is 17.1 Å². The van der Waals surface area contributed by atoms with Crippen LogP contribution in [0.2, 0.25) is 0 Å². The number of pyridine rings is 1. The highest BCUT2D eigenvalue weighted by molar-refractivity contribution is 5.89. The van der Waals surface area contributed by atoms with Gasteiger partial charge in [0.2, 0.25) is 0 Å². The molecule has 0 aliphatic carbocycles. The predicted octanol–water partition coefficient (Wildman–Crippen LogP) is -0.0552. The molecule has 1 aromatic heterocycles. The molecule has 0 spiro atoms. The Morgan fingerprint density at radius 1 is 1.67 bits per heavy atom. The van der Waals surface area contributed by atoms with Crippen molar-refractivity contribution in [1.29, 1.82) is 5.26 Å². The maximum Gasteiger partial charge on any atom is 0.342 e. The number of carboxylic acids is 1. The maximum absolute atomic E-state index is 10.9. The summed E-state index contributed by atoms with van der Waals surface area (Å²) in [6.07, 6.45) is 1.23. The number of nitrogens with one attached hydrogen (secondary N) is 1. The first kappa shape index (κ1) is 8.01. The molecule has 0 unspecified atom stereocenters. The Kier molecular flexibility index (Phi) is 1.92. The number of hydrogen-bond acceptors (Lipinski definition) is 3. The second-order valence-corrected chi connectivity index (χ2v) is 2.01. The summed E-state index contributed by atoms with van der Waals surface area (Å²) in [6, 6.07) is 2.64. The molecule has 2 N–H and O–H groups in total. The first-order valence-corrected chi connectivity index (χ1v) is 3.02. The van der Waals surface area contributed by atoms with Crippen molar-refractivity contribution in [3.8, 4) is 6.07 Å². The van der Waals surface area contributed by atoms with Crippen molar-refractivity contribution in [3.05, 3.63) is 33.7 Å². The number of aromatic nitrogens is 1. The van der Waals surface area contributed by atoms with Crippen molar-refractivity contribution in [1.82, 2.24) is 4.98 Å². The Morgan fingerprint density at radius 3 is 2.75 bits per heavy atom. The molecule has 0 aliphatic rings. The summed E-state index contributed by atoms with van der Waals surface area (Å²) >= 11 is 0. The summed E-state index contributed by atoms with van der Waals surface area (Å²) in [4.78, 5) is 23.7. The first-order chi connectivity index (χ1) is 5.66. The van der Waals surface area contributed by atoms with Crippen LogP contribution in [-0.4, -0.2) is 16.1 Å². The van der Waals surface area contributed by atoms with Crippen LogP contribution < -0.4 is 5.43 Å². The second kappa shape index (κ2) is 2.88. The van der Waals surface area contributed by atoms with E-state index in [1.54, 1.807) is 6.07 Å². The van der Waals surface area contributed by atoms with Gasteiger partial charge in [0, 0.05) is 12.3 Å². The molecule has 0 fully saturated rings. The molecular weight excluding hydrogens is 160 g/mol. The number of carboxylic acid groups (broad SMARTS) is 1. The topological polar surface area (TPSA) is 94.0 Å². The lowest BCUT2D eigenvalue weighted by molar-refractivity contribution is 0.0694. The van der Waals surface area contributed by atoms with Crippen molar-refractivity contribution < 1.29 is 9.90 Å². The van der Waals surface area contributed by atoms with Gasteiger partial charge in [0.05, 0.1) is 0 Å². The van der Waals surface area contributed by atoms with E-state index in [1.807, 2.05) is 0 Å². The smallest absolute Gasteiger partial charge is 0.342 e. The summed E-state index contributed by atoms with van der Waals surface area (Å²) in [5.74, 6) is -1.39. The van der Waals surface area contributed by atoms with Gasteiger partial charge in [-0.25, -0.2) is 4.79 Å². The molecule has 0 aromatic carbocycles. The van der Waals surface area contributed by atoms with E-state index in [4.69, 9.17) is 10.4 Å². The lowest BCUT2D eigenvalue weighted by Crippen LogP contribution is -2.16. The Hall–Kier alpha value is -2.09. The molecule has 12 heavy (non-hydrogen) atoms. The highest BCUT2D eigenvalue weighted by atomic mass is 16.4. The molecule has 1 heterocycles. The number of carbonyl (C=O) groups is 1. The fraction of sp³-hybridized carbons (Fsp3) is 0. The minimum absolute atomic E-state index is 0.227. The van der Waals surface area contributed by atoms with Crippen LogP contribution in [0.25, 0.3) is 0 Å². The summed E-state index contributed by atoms with van der Waals surface area (Å²) in [7, 11) is 0. The third-order valence-electron chi connectivity index (χ3n) is 1.28. The first-order valence-electron chi connectivity index (χ1n) is 3.02. The molecule has 0 aliphatic heterocycles. The fourth-order valence-electron chi connectivity index (χ4n) is 0.780. The van der Waals surface area contributed by atoms with E-state index >= 15 is 0 Å². The average molecular weight is 164 g/mol. The van der Waals surface area contributed by atoms with E-state index in [1.165, 1.54) is 6.20 Å². The Morgan fingerprint density at radius 2 is 2.33 bits per heavy atom. The molecule has 0 saturated heterocycles. The number of rotatable bonds is 1. The van der Waals surface area contributed by atoms with Crippen LogP contribution >= 0.6 is 0 Å². The SMILES string of the molecule is N#Cc1[nH]ccc(=O)c1C(=O)O. The van der Waals surface area contributed by atoms with Crippen LogP contribution in [0.5, 0.6) is 0 Å². The van der Waals surface area contributed by atoms with Gasteiger partial charge in [-0.15, -0.1) is 0 Å². The van der Waals surface area contributed by atoms with Gasteiger partial charge in [0.15, 0.2) is 5.43 Å². The van der Waals surface area contributed by atoms with Crippen molar-refractivity contribution in [2.75, 3.05) is 0 Å². The van der Waals surface area contributed by atoms with Crippen LogP contribution in [0.4, 0.5) is 0 Å². The van der Waals surface area contributed by atoms with Gasteiger partial charge in [-0.3, -0.25) is 4.79 Å². The Bertz CT molecular complexity index is 413. The van der Waals surface area contributed by atoms with Crippen LogP contribution in [0.1, 0.15) is 16.1 Å². The van der Waals surface area contributed by atoms with Crippen molar-refractivity contribution >= 4 is 5.97 Å². The Balaban J connectivity index is 3.54. The average Bonchev–Trinajstić information content (AvgIpc) is 2.03. The lowest BCUT2D eigenvalue weighted by Gasteiger charge is -1.94. The number of nitrogens with zero attached hydrogens (tertiary/aromatic N) is 1. The van der Waals surface area contributed by atoms with E-state index in [-0.39, 0.29) is 5.69 Å². The molecular formula is C7H4N2O3. The largest absolute Gasteiger partial charge is 0.477 e. The fourth-order valence-corrected chi connectivity index (χ4v) is 0.780. The summed E-state index contributed by atoms with van der Waals surface area (Å²) in [5, 5.41) is 16.9. The van der Waals surface area contributed by atoms with Crippen molar-refractivity contribution in [2.45, 2.75) is 0 Å². The number of aromatic carboxylic acids is 1. The molecule has 0 radical (unpaired) electrons. The maximum atomic E-state index is 10.9. The standard InChI is InChI=1S/C7H4N2O3/c8-3-4-6(7(11)12)5(10)1-2-9-4/h1-2H,(H,9,10)(H,11,12). The third-order valence-corrected chi connectivity index (χ3v) is 1.28. The highest BCUT2D eigenvalue weighted by Crippen LogP contribution is 1.96. The zero-order valence-corrected chi connectivity index (χ0v) is 5.87. The number of hydrogen-bond donors (Lipinski definition) is 2. The molecule has 1 rings (SSSR count). The van der Waals surface area contributed by atoms with Gasteiger partial charge < -0.3 is 10.1 Å². The van der Waals surface area contributed by atoms with Gasteiger partial charge in [-0.2, -0.15) is 5.26 Å². The Labute approximate surface area is 66.9 Å².